The Hall–Kier alpha value is -2.42. The third-order valence-electron chi connectivity index (χ3n) is 7.99. The highest BCUT2D eigenvalue weighted by atomic mass is 32.2. The molecule has 2 amide bonds. The number of rotatable bonds is 2. The maximum Gasteiger partial charge on any atom is 0.238 e. The van der Waals surface area contributed by atoms with Gasteiger partial charge in [0.25, 0.3) is 0 Å². The lowest BCUT2D eigenvalue weighted by Gasteiger charge is -2.43. The normalized spacial score (nSPS) is 33.8. The highest BCUT2D eigenvalue weighted by Gasteiger charge is 2.69. The predicted octanol–water partition coefficient (Wildman–Crippen LogP) is 5.19. The van der Waals surface area contributed by atoms with Crippen LogP contribution in [0, 0.1) is 33.5 Å². The van der Waals surface area contributed by atoms with Gasteiger partial charge in [0, 0.05) is 16.0 Å². The van der Waals surface area contributed by atoms with Crippen molar-refractivity contribution in [2.45, 2.75) is 22.6 Å². The number of thioether (sulfide) groups is 1. The van der Waals surface area contributed by atoms with Crippen LogP contribution in [-0.2, 0) is 9.59 Å². The number of para-hydroxylation sites is 1. The third kappa shape index (κ3) is 2.68. The van der Waals surface area contributed by atoms with E-state index in [2.05, 4.69) is 4.98 Å². The van der Waals surface area contributed by atoms with Crippen molar-refractivity contribution in [3.8, 4) is 5.75 Å². The molecule has 4 aliphatic rings. The second-order valence-corrected chi connectivity index (χ2v) is 12.3. The number of hydrogen-bond acceptors (Lipinski definition) is 6. The first kappa shape index (κ1) is 20.0. The Morgan fingerprint density at radius 2 is 1.67 bits per heavy atom. The van der Waals surface area contributed by atoms with Gasteiger partial charge in [-0.2, -0.15) is 0 Å². The van der Waals surface area contributed by atoms with Crippen molar-refractivity contribution in [3.05, 3.63) is 69.0 Å². The fourth-order valence-electron chi connectivity index (χ4n) is 6.90. The second kappa shape index (κ2) is 7.04. The van der Waals surface area contributed by atoms with Gasteiger partial charge in [-0.1, -0.05) is 30.3 Å². The number of nitrogens with zero attached hydrogens (tertiary/aromatic N) is 1. The number of phenolic OH excluding ortho intramolecular Hbond substituents is 1. The molecule has 7 unspecified atom stereocenters. The number of thiazole rings is 1. The second-order valence-electron chi connectivity index (χ2n) is 9.40. The van der Waals surface area contributed by atoms with Crippen LogP contribution in [0.4, 0.5) is 5.69 Å². The maximum absolute atomic E-state index is 13.6. The zero-order valence-electron chi connectivity index (χ0n) is 17.4. The number of benzene rings is 2. The van der Waals surface area contributed by atoms with E-state index < -0.39 is 0 Å². The minimum absolute atomic E-state index is 0.0343. The van der Waals surface area contributed by atoms with Gasteiger partial charge in [0.2, 0.25) is 11.8 Å². The predicted molar refractivity (Wildman–Crippen MR) is 130 cm³/mol. The van der Waals surface area contributed by atoms with Crippen molar-refractivity contribution in [2.24, 2.45) is 29.6 Å². The van der Waals surface area contributed by atoms with Crippen LogP contribution in [0.1, 0.15) is 22.8 Å². The van der Waals surface area contributed by atoms with Crippen LogP contribution in [0.15, 0.2) is 59.6 Å². The molecule has 2 saturated carbocycles. The molecule has 2 aliphatic carbocycles. The molecule has 7 atom stereocenters. The summed E-state index contributed by atoms with van der Waals surface area (Å²) in [6.45, 7) is 0. The van der Waals surface area contributed by atoms with E-state index in [4.69, 9.17) is 12.2 Å². The standard InChI is InChI=1S/C25H20N2O3S3/c28-13-8-6-11(7-9-13)16-17-14-10-15(20(17)32-22-21(16)33-25(31)26-22)19-18(14)23(29)27(24(19)30)12-4-2-1-3-5-12/h1-9,14-20,28H,10H2,(H,26,31). The Bertz CT molecular complexity index is 1350. The van der Waals surface area contributed by atoms with Gasteiger partial charge >= 0.3 is 0 Å². The number of H-pyrrole nitrogens is 1. The van der Waals surface area contributed by atoms with E-state index in [1.807, 2.05) is 54.2 Å². The summed E-state index contributed by atoms with van der Waals surface area (Å²) in [6, 6.07) is 16.8. The Kier molecular flexibility index (Phi) is 4.27. The topological polar surface area (TPSA) is 73.4 Å². The summed E-state index contributed by atoms with van der Waals surface area (Å²) < 4.78 is 0.756. The number of carbonyl (C=O) groups excluding carboxylic acids is 2. The number of imide groups is 1. The molecule has 5 nitrogen and oxygen atoms in total. The molecular weight excluding hydrogens is 472 g/mol. The van der Waals surface area contributed by atoms with Crippen molar-refractivity contribution in [1.82, 2.24) is 4.98 Å². The largest absolute Gasteiger partial charge is 0.508 e. The van der Waals surface area contributed by atoms with E-state index in [1.165, 1.54) is 9.78 Å². The Morgan fingerprint density at radius 3 is 2.39 bits per heavy atom. The minimum Gasteiger partial charge on any atom is -0.508 e. The Morgan fingerprint density at radius 1 is 0.970 bits per heavy atom. The van der Waals surface area contributed by atoms with Crippen molar-refractivity contribution in [3.63, 3.8) is 0 Å². The summed E-state index contributed by atoms with van der Waals surface area (Å²) in [5.41, 5.74) is 1.81. The molecule has 1 saturated heterocycles. The first-order chi connectivity index (χ1) is 16.0. The van der Waals surface area contributed by atoms with Crippen LogP contribution in [0.25, 0.3) is 0 Å². The molecule has 0 spiro atoms. The van der Waals surface area contributed by atoms with Gasteiger partial charge in [-0.3, -0.25) is 14.5 Å². The zero-order chi connectivity index (χ0) is 22.4. The summed E-state index contributed by atoms with van der Waals surface area (Å²) in [6.07, 6.45) is 0.919. The number of aromatic nitrogens is 1. The number of phenols is 1. The summed E-state index contributed by atoms with van der Waals surface area (Å²) in [5.74, 6) is 0.377. The van der Waals surface area contributed by atoms with Crippen LogP contribution in [0.3, 0.4) is 0 Å². The van der Waals surface area contributed by atoms with Gasteiger partial charge in [-0.15, -0.1) is 23.1 Å². The SMILES string of the molecule is O=C1C2C3CC(C2C(=O)N1c1ccccc1)C1C(c2ccc(O)cc2)c2sc(=S)[nH]c2SC31. The quantitative estimate of drug-likeness (QED) is 0.381. The highest BCUT2D eigenvalue weighted by molar-refractivity contribution is 8.00. The molecule has 8 heteroatoms. The summed E-state index contributed by atoms with van der Waals surface area (Å²) >= 11 is 8.92. The molecule has 2 bridgehead atoms. The van der Waals surface area contributed by atoms with Gasteiger partial charge in [0.1, 0.15) is 5.75 Å². The summed E-state index contributed by atoms with van der Waals surface area (Å²) in [5, 5.41) is 11.2. The Balaban J connectivity index is 1.34. The summed E-state index contributed by atoms with van der Waals surface area (Å²) in [7, 11) is 0. The van der Waals surface area contributed by atoms with Crippen LogP contribution >= 0.6 is 35.3 Å². The van der Waals surface area contributed by atoms with Gasteiger partial charge in [0.05, 0.1) is 22.5 Å². The van der Waals surface area contributed by atoms with Crippen molar-refractivity contribution >= 4 is 52.8 Å². The van der Waals surface area contributed by atoms with Gasteiger partial charge in [-0.05, 0) is 66.2 Å². The fraction of sp³-hybridized carbons (Fsp3) is 0.320. The molecule has 3 heterocycles. The van der Waals surface area contributed by atoms with Crippen LogP contribution in [-0.4, -0.2) is 27.2 Å². The van der Waals surface area contributed by atoms with Crippen molar-refractivity contribution < 1.29 is 14.7 Å². The fourth-order valence-corrected chi connectivity index (χ4v) is 10.2. The van der Waals surface area contributed by atoms with Gasteiger partial charge in [0.15, 0.2) is 3.95 Å². The van der Waals surface area contributed by atoms with Crippen LogP contribution in [0.5, 0.6) is 5.75 Å². The number of carbonyl (C=O) groups is 2. The van der Waals surface area contributed by atoms with Gasteiger partial charge < -0.3 is 10.1 Å². The van der Waals surface area contributed by atoms with E-state index in [-0.39, 0.29) is 58.3 Å². The average Bonchev–Trinajstić information content (AvgIpc) is 3.54. The molecule has 2 aromatic carbocycles. The molecule has 1 aromatic heterocycles. The number of fused-ring (bicyclic) bond motifs is 9. The monoisotopic (exact) mass is 492 g/mol. The third-order valence-corrected chi connectivity index (χ3v) is 10.9. The van der Waals surface area contributed by atoms with E-state index in [1.54, 1.807) is 23.5 Å². The first-order valence-electron chi connectivity index (χ1n) is 11.1. The lowest BCUT2D eigenvalue weighted by molar-refractivity contribution is -0.123. The Labute approximate surface area is 203 Å². The number of amides is 2. The molecule has 3 fully saturated rings. The van der Waals surface area contributed by atoms with Crippen molar-refractivity contribution in [1.29, 1.82) is 0 Å². The van der Waals surface area contributed by atoms with E-state index >= 15 is 0 Å². The first-order valence-corrected chi connectivity index (χ1v) is 13.2. The molecule has 3 aromatic rings. The number of aromatic hydroxyl groups is 1. The number of anilines is 1. The smallest absolute Gasteiger partial charge is 0.238 e. The molecule has 0 radical (unpaired) electrons. The minimum atomic E-state index is -0.252. The van der Waals surface area contributed by atoms with Crippen LogP contribution < -0.4 is 4.90 Å². The van der Waals surface area contributed by atoms with Crippen LogP contribution in [0.2, 0.25) is 0 Å². The van der Waals surface area contributed by atoms with E-state index in [9.17, 15) is 14.7 Å². The molecule has 7 rings (SSSR count). The zero-order valence-corrected chi connectivity index (χ0v) is 19.8. The molecule has 33 heavy (non-hydrogen) atoms. The summed E-state index contributed by atoms with van der Waals surface area (Å²) in [4.78, 5) is 33.2. The van der Waals surface area contributed by atoms with Crippen molar-refractivity contribution in [2.75, 3.05) is 4.90 Å². The number of nitrogens with one attached hydrogen (secondary N) is 1. The molecule has 166 valence electrons. The number of aromatic amines is 1. The maximum atomic E-state index is 13.6. The molecule has 2 aliphatic heterocycles. The molecular formula is C25H20N2O3S3. The lowest BCUT2D eigenvalue weighted by Crippen LogP contribution is -2.42. The lowest BCUT2D eigenvalue weighted by atomic mass is 9.68. The van der Waals surface area contributed by atoms with Gasteiger partial charge in [-0.25, -0.2) is 0 Å². The molecule has 2 N–H and O–H groups in total. The van der Waals surface area contributed by atoms with E-state index in [0.29, 0.717) is 5.69 Å². The highest BCUT2D eigenvalue weighted by Crippen LogP contribution is 2.69. The average molecular weight is 493 g/mol. The number of hydrogen-bond donors (Lipinski definition) is 2. The van der Waals surface area contributed by atoms with E-state index in [0.717, 1.165) is 21.0 Å².